The van der Waals surface area contributed by atoms with Gasteiger partial charge in [-0.2, -0.15) is 0 Å². The number of phenols is 1. The molecule has 1 aromatic heterocycles. The van der Waals surface area contributed by atoms with Crippen LogP contribution in [0.5, 0.6) is 5.75 Å². The summed E-state index contributed by atoms with van der Waals surface area (Å²) in [5.74, 6) is 0.0879. The number of benzene rings is 1. The molecule has 0 radical (unpaired) electrons. The van der Waals surface area contributed by atoms with Crippen LogP contribution < -0.4 is 0 Å². The summed E-state index contributed by atoms with van der Waals surface area (Å²) in [6.07, 6.45) is 0.459. The minimum absolute atomic E-state index is 0.0492. The highest BCUT2D eigenvalue weighted by Crippen LogP contribution is 2.39. The number of phenolic OH excluding ortho intramolecular Hbond substituents is 1. The van der Waals surface area contributed by atoms with Crippen LogP contribution in [0.15, 0.2) is 24.3 Å². The van der Waals surface area contributed by atoms with Crippen LogP contribution in [0.2, 0.25) is 0 Å². The minimum atomic E-state index is -1.84. The second kappa shape index (κ2) is 4.76. The van der Waals surface area contributed by atoms with Crippen LogP contribution in [-0.2, 0) is 3.79 Å². The standard InChI is InChI=1S/C10H6Cl3N3O2/c11-10(12,13)9-8(5-17)14-15-16(9)6-1-3-7(18)4-2-6/h1-5,18H. The van der Waals surface area contributed by atoms with E-state index in [9.17, 15) is 9.90 Å². The van der Waals surface area contributed by atoms with Gasteiger partial charge in [0, 0.05) is 0 Å². The number of nitrogens with zero attached hydrogens (tertiary/aromatic N) is 3. The summed E-state index contributed by atoms with van der Waals surface area (Å²) < 4.78 is -0.603. The zero-order chi connectivity index (χ0) is 13.3. The van der Waals surface area contributed by atoms with Crippen LogP contribution in [0.3, 0.4) is 0 Å². The lowest BCUT2D eigenvalue weighted by Crippen LogP contribution is -2.12. The van der Waals surface area contributed by atoms with E-state index in [2.05, 4.69) is 10.3 Å². The highest BCUT2D eigenvalue weighted by Gasteiger charge is 2.33. The quantitative estimate of drug-likeness (QED) is 0.684. The third-order valence-corrected chi connectivity index (χ3v) is 2.71. The molecule has 0 fully saturated rings. The SMILES string of the molecule is O=Cc1nnn(-c2ccc(O)cc2)c1C(Cl)(Cl)Cl. The third-order valence-electron chi connectivity index (χ3n) is 2.17. The Bertz CT molecular complexity index is 575. The van der Waals surface area contributed by atoms with E-state index in [-0.39, 0.29) is 17.1 Å². The Morgan fingerprint density at radius 1 is 1.22 bits per heavy atom. The van der Waals surface area contributed by atoms with Crippen molar-refractivity contribution in [3.05, 3.63) is 35.7 Å². The van der Waals surface area contributed by atoms with Crippen molar-refractivity contribution in [2.24, 2.45) is 0 Å². The first-order valence-corrected chi connectivity index (χ1v) is 5.84. The summed E-state index contributed by atoms with van der Waals surface area (Å²) in [5, 5.41) is 16.6. The van der Waals surface area contributed by atoms with Gasteiger partial charge in [-0.1, -0.05) is 40.0 Å². The molecule has 0 amide bonds. The maximum atomic E-state index is 10.8. The Labute approximate surface area is 117 Å². The second-order valence-electron chi connectivity index (χ2n) is 3.37. The first kappa shape index (κ1) is 13.1. The molecule has 0 atom stereocenters. The first-order chi connectivity index (χ1) is 8.43. The largest absolute Gasteiger partial charge is 0.508 e. The average Bonchev–Trinajstić information content (AvgIpc) is 2.73. The average molecular weight is 307 g/mol. The maximum Gasteiger partial charge on any atom is 0.235 e. The molecule has 18 heavy (non-hydrogen) atoms. The van der Waals surface area contributed by atoms with Crippen LogP contribution in [0.4, 0.5) is 0 Å². The van der Waals surface area contributed by atoms with Crippen molar-refractivity contribution in [3.63, 3.8) is 0 Å². The molecule has 1 heterocycles. The van der Waals surface area contributed by atoms with Crippen molar-refractivity contribution >= 4 is 41.1 Å². The minimum Gasteiger partial charge on any atom is -0.508 e. The summed E-state index contributed by atoms with van der Waals surface area (Å²) in [5.41, 5.74) is 0.506. The molecule has 0 saturated heterocycles. The molecular formula is C10H6Cl3N3O2. The molecule has 0 aliphatic heterocycles. The van der Waals surface area contributed by atoms with E-state index in [1.807, 2.05) is 0 Å². The lowest BCUT2D eigenvalue weighted by Gasteiger charge is -2.13. The van der Waals surface area contributed by atoms with Crippen LogP contribution in [-0.4, -0.2) is 26.4 Å². The molecule has 0 unspecified atom stereocenters. The first-order valence-electron chi connectivity index (χ1n) is 4.71. The molecule has 0 spiro atoms. The fourth-order valence-electron chi connectivity index (χ4n) is 1.41. The number of hydrogen-bond donors (Lipinski definition) is 1. The van der Waals surface area contributed by atoms with Gasteiger partial charge in [-0.05, 0) is 24.3 Å². The molecule has 1 N–H and O–H groups in total. The third kappa shape index (κ3) is 2.43. The van der Waals surface area contributed by atoms with Gasteiger partial charge in [-0.25, -0.2) is 4.68 Å². The number of hydrogen-bond acceptors (Lipinski definition) is 4. The van der Waals surface area contributed by atoms with Gasteiger partial charge < -0.3 is 5.11 Å². The Balaban J connectivity index is 2.61. The van der Waals surface area contributed by atoms with E-state index < -0.39 is 3.79 Å². The molecule has 5 nitrogen and oxygen atoms in total. The molecule has 0 saturated carbocycles. The van der Waals surface area contributed by atoms with Gasteiger partial charge in [0.05, 0.1) is 5.69 Å². The van der Waals surface area contributed by atoms with Gasteiger partial charge in [0.2, 0.25) is 3.79 Å². The number of aldehydes is 1. The summed E-state index contributed by atoms with van der Waals surface area (Å²) >= 11 is 17.4. The number of carbonyl (C=O) groups excluding carboxylic acids is 1. The van der Waals surface area contributed by atoms with Crippen molar-refractivity contribution in [1.82, 2.24) is 15.0 Å². The van der Waals surface area contributed by atoms with Crippen LogP contribution in [0, 0.1) is 0 Å². The number of aromatic hydroxyl groups is 1. The lowest BCUT2D eigenvalue weighted by atomic mass is 10.3. The molecule has 8 heteroatoms. The van der Waals surface area contributed by atoms with Gasteiger partial charge in [0.25, 0.3) is 0 Å². The van der Waals surface area contributed by atoms with E-state index >= 15 is 0 Å². The Morgan fingerprint density at radius 2 is 1.83 bits per heavy atom. The van der Waals surface area contributed by atoms with Crippen molar-refractivity contribution < 1.29 is 9.90 Å². The molecule has 0 aliphatic rings. The Morgan fingerprint density at radius 3 is 2.33 bits per heavy atom. The zero-order valence-electron chi connectivity index (χ0n) is 8.72. The van der Waals surface area contributed by atoms with Gasteiger partial charge in [-0.15, -0.1) is 5.10 Å². The summed E-state index contributed by atoms with van der Waals surface area (Å²) in [6.45, 7) is 0. The smallest absolute Gasteiger partial charge is 0.235 e. The predicted molar refractivity (Wildman–Crippen MR) is 67.6 cm³/mol. The molecule has 1 aromatic carbocycles. The topological polar surface area (TPSA) is 68.0 Å². The number of halogens is 3. The van der Waals surface area contributed by atoms with Gasteiger partial charge in [-0.3, -0.25) is 4.79 Å². The normalized spacial score (nSPS) is 11.5. The summed E-state index contributed by atoms with van der Waals surface area (Å²) in [7, 11) is 0. The molecule has 0 bridgehead atoms. The summed E-state index contributed by atoms with van der Waals surface area (Å²) in [4.78, 5) is 10.8. The maximum absolute atomic E-state index is 10.8. The molecular weight excluding hydrogens is 300 g/mol. The highest BCUT2D eigenvalue weighted by molar-refractivity contribution is 6.66. The Kier molecular flexibility index (Phi) is 3.47. The molecule has 94 valence electrons. The van der Waals surface area contributed by atoms with Gasteiger partial charge in [0.1, 0.15) is 11.4 Å². The van der Waals surface area contributed by atoms with E-state index in [0.717, 1.165) is 0 Å². The van der Waals surface area contributed by atoms with E-state index in [0.29, 0.717) is 12.0 Å². The van der Waals surface area contributed by atoms with E-state index in [1.54, 1.807) is 12.1 Å². The monoisotopic (exact) mass is 305 g/mol. The Hall–Kier alpha value is -1.30. The molecule has 2 aromatic rings. The summed E-state index contributed by atoms with van der Waals surface area (Å²) in [6, 6.07) is 6.00. The van der Waals surface area contributed by atoms with Crippen LogP contribution >= 0.6 is 34.8 Å². The second-order valence-corrected chi connectivity index (χ2v) is 5.65. The fourth-order valence-corrected chi connectivity index (χ4v) is 1.94. The van der Waals surface area contributed by atoms with Gasteiger partial charge in [0.15, 0.2) is 12.0 Å². The number of rotatable bonds is 2. The van der Waals surface area contributed by atoms with Crippen molar-refractivity contribution in [1.29, 1.82) is 0 Å². The van der Waals surface area contributed by atoms with Crippen LogP contribution in [0.1, 0.15) is 16.2 Å². The number of alkyl halides is 3. The predicted octanol–water partition coefficient (Wildman–Crippen LogP) is 2.61. The van der Waals surface area contributed by atoms with E-state index in [4.69, 9.17) is 34.8 Å². The van der Waals surface area contributed by atoms with Crippen molar-refractivity contribution in [3.8, 4) is 11.4 Å². The zero-order valence-corrected chi connectivity index (χ0v) is 11.0. The van der Waals surface area contributed by atoms with Crippen molar-refractivity contribution in [2.75, 3.05) is 0 Å². The molecule has 2 rings (SSSR count). The number of aromatic nitrogens is 3. The fraction of sp³-hybridized carbons (Fsp3) is 0.100. The lowest BCUT2D eigenvalue weighted by molar-refractivity contribution is 0.111. The molecule has 0 aliphatic carbocycles. The van der Waals surface area contributed by atoms with Crippen molar-refractivity contribution in [2.45, 2.75) is 3.79 Å². The van der Waals surface area contributed by atoms with Gasteiger partial charge >= 0.3 is 0 Å². The van der Waals surface area contributed by atoms with E-state index in [1.165, 1.54) is 16.8 Å². The highest BCUT2D eigenvalue weighted by atomic mass is 35.6. The number of carbonyl (C=O) groups is 1. The van der Waals surface area contributed by atoms with Crippen LogP contribution in [0.25, 0.3) is 5.69 Å².